The highest BCUT2D eigenvalue weighted by molar-refractivity contribution is 5.56. The first-order valence-electron chi connectivity index (χ1n) is 8.27. The molecule has 1 aliphatic rings. The van der Waals surface area contributed by atoms with Crippen LogP contribution in [0.25, 0.3) is 0 Å². The van der Waals surface area contributed by atoms with E-state index in [-0.39, 0.29) is 0 Å². The molecule has 21 heavy (non-hydrogen) atoms. The maximum absolute atomic E-state index is 6.06. The van der Waals surface area contributed by atoms with Crippen molar-refractivity contribution >= 4 is 5.69 Å². The molecule has 0 saturated carbocycles. The van der Waals surface area contributed by atoms with E-state index in [4.69, 9.17) is 5.73 Å². The summed E-state index contributed by atoms with van der Waals surface area (Å²) < 4.78 is 0. The standard InChI is InChI=1S/C18H31N3/c1-14(2)9-11-21(4)18(13-19)16-7-8-17-15(12-16)6-5-10-20(17)3/h7-8,12,14,18H,5-6,9-11,13,19H2,1-4H3. The number of nitrogens with two attached hydrogens (primary N) is 1. The summed E-state index contributed by atoms with van der Waals surface area (Å²) in [5.41, 5.74) is 10.3. The Labute approximate surface area is 130 Å². The molecule has 1 aliphatic heterocycles. The Balaban J connectivity index is 2.14. The van der Waals surface area contributed by atoms with Crippen LogP contribution in [0.3, 0.4) is 0 Å². The summed E-state index contributed by atoms with van der Waals surface area (Å²) in [5, 5.41) is 0. The minimum absolute atomic E-state index is 0.335. The summed E-state index contributed by atoms with van der Waals surface area (Å²) in [5.74, 6) is 0.739. The first-order valence-corrected chi connectivity index (χ1v) is 8.27. The van der Waals surface area contributed by atoms with Crippen molar-refractivity contribution in [3.8, 4) is 0 Å². The number of hydrogen-bond donors (Lipinski definition) is 1. The summed E-state index contributed by atoms with van der Waals surface area (Å²) >= 11 is 0. The summed E-state index contributed by atoms with van der Waals surface area (Å²) in [6.45, 7) is 7.51. The molecule has 1 heterocycles. The van der Waals surface area contributed by atoms with Crippen LogP contribution in [-0.2, 0) is 6.42 Å². The van der Waals surface area contributed by atoms with Gasteiger partial charge in [0.1, 0.15) is 0 Å². The highest BCUT2D eigenvalue weighted by Gasteiger charge is 2.19. The second-order valence-corrected chi connectivity index (χ2v) is 6.83. The zero-order valence-electron chi connectivity index (χ0n) is 14.1. The molecule has 0 spiro atoms. The largest absolute Gasteiger partial charge is 0.374 e. The number of fused-ring (bicyclic) bond motifs is 1. The van der Waals surface area contributed by atoms with Gasteiger partial charge in [-0.25, -0.2) is 0 Å². The zero-order chi connectivity index (χ0) is 15.4. The van der Waals surface area contributed by atoms with Gasteiger partial charge < -0.3 is 10.6 Å². The number of rotatable bonds is 6. The molecule has 0 amide bonds. The van der Waals surface area contributed by atoms with Gasteiger partial charge in [-0.05, 0) is 56.0 Å². The smallest absolute Gasteiger partial charge is 0.0467 e. The van der Waals surface area contributed by atoms with Crippen LogP contribution < -0.4 is 10.6 Å². The zero-order valence-corrected chi connectivity index (χ0v) is 14.1. The summed E-state index contributed by atoms with van der Waals surface area (Å²) in [7, 11) is 4.39. The normalized spacial score (nSPS) is 16.4. The minimum atomic E-state index is 0.335. The van der Waals surface area contributed by atoms with Crippen LogP contribution in [0.5, 0.6) is 0 Å². The van der Waals surface area contributed by atoms with Crippen molar-refractivity contribution in [3.05, 3.63) is 29.3 Å². The van der Waals surface area contributed by atoms with E-state index in [0.717, 1.165) is 12.5 Å². The monoisotopic (exact) mass is 289 g/mol. The van der Waals surface area contributed by atoms with Gasteiger partial charge in [-0.2, -0.15) is 0 Å². The summed E-state index contributed by atoms with van der Waals surface area (Å²) in [6, 6.07) is 7.27. The van der Waals surface area contributed by atoms with Gasteiger partial charge in [0.05, 0.1) is 0 Å². The molecule has 0 aliphatic carbocycles. The van der Waals surface area contributed by atoms with Crippen LogP contribution in [-0.4, -0.2) is 38.6 Å². The topological polar surface area (TPSA) is 32.5 Å². The Hall–Kier alpha value is -1.06. The lowest BCUT2D eigenvalue weighted by molar-refractivity contribution is 0.236. The van der Waals surface area contributed by atoms with Gasteiger partial charge >= 0.3 is 0 Å². The van der Waals surface area contributed by atoms with E-state index in [1.807, 2.05) is 0 Å². The van der Waals surface area contributed by atoms with Crippen LogP contribution >= 0.6 is 0 Å². The van der Waals surface area contributed by atoms with E-state index in [0.29, 0.717) is 12.6 Å². The molecule has 1 aromatic carbocycles. The lowest BCUT2D eigenvalue weighted by Crippen LogP contribution is -2.32. The maximum Gasteiger partial charge on any atom is 0.0467 e. The van der Waals surface area contributed by atoms with E-state index < -0.39 is 0 Å². The maximum atomic E-state index is 6.06. The second kappa shape index (κ2) is 7.28. The van der Waals surface area contributed by atoms with Crippen molar-refractivity contribution in [2.45, 2.75) is 39.2 Å². The van der Waals surface area contributed by atoms with Crippen molar-refractivity contribution in [1.29, 1.82) is 0 Å². The molecule has 1 aromatic rings. The summed E-state index contributed by atoms with van der Waals surface area (Å²) in [6.07, 6.45) is 3.67. The quantitative estimate of drug-likeness (QED) is 0.873. The fraction of sp³-hybridized carbons (Fsp3) is 0.667. The highest BCUT2D eigenvalue weighted by Crippen LogP contribution is 2.30. The van der Waals surface area contributed by atoms with Crippen molar-refractivity contribution in [3.63, 3.8) is 0 Å². The molecule has 0 radical (unpaired) electrons. The third-order valence-electron chi connectivity index (χ3n) is 4.65. The van der Waals surface area contributed by atoms with Crippen molar-refractivity contribution in [1.82, 2.24) is 4.90 Å². The van der Waals surface area contributed by atoms with Gasteiger partial charge in [0.15, 0.2) is 0 Å². The van der Waals surface area contributed by atoms with Gasteiger partial charge in [-0.1, -0.05) is 26.0 Å². The molecular weight excluding hydrogens is 258 g/mol. The molecule has 2 N–H and O–H groups in total. The second-order valence-electron chi connectivity index (χ2n) is 6.83. The summed E-state index contributed by atoms with van der Waals surface area (Å²) in [4.78, 5) is 4.77. The lowest BCUT2D eigenvalue weighted by atomic mass is 9.96. The van der Waals surface area contributed by atoms with Crippen molar-refractivity contribution in [2.24, 2.45) is 11.7 Å². The molecule has 3 nitrogen and oxygen atoms in total. The lowest BCUT2D eigenvalue weighted by Gasteiger charge is -2.31. The average molecular weight is 289 g/mol. The first kappa shape index (κ1) is 16.3. The third kappa shape index (κ3) is 3.98. The number of benzene rings is 1. The molecule has 2 rings (SSSR count). The number of anilines is 1. The number of hydrogen-bond acceptors (Lipinski definition) is 3. The van der Waals surface area contributed by atoms with Gasteiger partial charge in [-0.15, -0.1) is 0 Å². The highest BCUT2D eigenvalue weighted by atomic mass is 15.1. The van der Waals surface area contributed by atoms with Crippen LogP contribution in [0.15, 0.2) is 18.2 Å². The fourth-order valence-corrected chi connectivity index (χ4v) is 3.20. The Kier molecular flexibility index (Phi) is 5.65. The van der Waals surface area contributed by atoms with Crippen LogP contribution in [0, 0.1) is 5.92 Å². The Morgan fingerprint density at radius 3 is 2.76 bits per heavy atom. The van der Waals surface area contributed by atoms with E-state index in [1.165, 1.54) is 42.6 Å². The molecule has 0 fully saturated rings. The predicted octanol–water partition coefficient (Wildman–Crippen LogP) is 3.05. The molecular formula is C18H31N3. The van der Waals surface area contributed by atoms with Crippen LogP contribution in [0.1, 0.15) is 43.9 Å². The van der Waals surface area contributed by atoms with Gasteiger partial charge in [0, 0.05) is 31.9 Å². The minimum Gasteiger partial charge on any atom is -0.374 e. The van der Waals surface area contributed by atoms with E-state index in [1.54, 1.807) is 0 Å². The number of likely N-dealkylation sites (N-methyl/N-ethyl adjacent to an activating group) is 1. The van der Waals surface area contributed by atoms with E-state index in [2.05, 4.69) is 55.9 Å². The van der Waals surface area contributed by atoms with E-state index in [9.17, 15) is 0 Å². The molecule has 0 bridgehead atoms. The van der Waals surface area contributed by atoms with Crippen molar-refractivity contribution < 1.29 is 0 Å². The van der Waals surface area contributed by atoms with Gasteiger partial charge in [0.2, 0.25) is 0 Å². The molecule has 118 valence electrons. The molecule has 3 heteroatoms. The van der Waals surface area contributed by atoms with Crippen LogP contribution in [0.2, 0.25) is 0 Å². The molecule has 0 saturated heterocycles. The predicted molar refractivity (Wildman–Crippen MR) is 91.9 cm³/mol. The third-order valence-corrected chi connectivity index (χ3v) is 4.65. The van der Waals surface area contributed by atoms with Crippen LogP contribution in [0.4, 0.5) is 5.69 Å². The van der Waals surface area contributed by atoms with Crippen molar-refractivity contribution in [2.75, 3.05) is 38.6 Å². The Morgan fingerprint density at radius 1 is 1.33 bits per heavy atom. The van der Waals surface area contributed by atoms with Gasteiger partial charge in [0.25, 0.3) is 0 Å². The number of nitrogens with zero attached hydrogens (tertiary/aromatic N) is 2. The Bertz CT molecular complexity index is 456. The fourth-order valence-electron chi connectivity index (χ4n) is 3.20. The average Bonchev–Trinajstić information content (AvgIpc) is 2.46. The van der Waals surface area contributed by atoms with Gasteiger partial charge in [-0.3, -0.25) is 4.90 Å². The molecule has 1 unspecified atom stereocenters. The molecule has 0 aromatic heterocycles. The Morgan fingerprint density at radius 2 is 2.10 bits per heavy atom. The number of aryl methyl sites for hydroxylation is 1. The molecule has 1 atom stereocenters. The van der Waals surface area contributed by atoms with E-state index >= 15 is 0 Å². The SMILES string of the molecule is CC(C)CCN(C)C(CN)c1ccc2c(c1)CCCN2C. The first-order chi connectivity index (χ1) is 10.0.